The second-order valence-corrected chi connectivity index (χ2v) is 10.0. The van der Waals surface area contributed by atoms with Gasteiger partial charge in [0.1, 0.15) is 0 Å². The number of nitrogens with zero attached hydrogens (tertiary/aromatic N) is 6. The van der Waals surface area contributed by atoms with Gasteiger partial charge >= 0.3 is 0 Å². The molecule has 0 aromatic rings. The summed E-state index contributed by atoms with van der Waals surface area (Å²) in [5, 5.41) is 0. The van der Waals surface area contributed by atoms with Gasteiger partial charge in [-0.3, -0.25) is 8.97 Å². The van der Waals surface area contributed by atoms with Crippen molar-refractivity contribution in [2.45, 2.75) is 38.3 Å². The number of rotatable bonds is 7. The van der Waals surface area contributed by atoms with Gasteiger partial charge < -0.3 is 34.0 Å². The Morgan fingerprint density at radius 2 is 0.786 bits per heavy atom. The second kappa shape index (κ2) is 8.34. The van der Waals surface area contributed by atoms with E-state index in [2.05, 4.69) is 19.6 Å². The molecule has 0 N–H and O–H groups in total. The summed E-state index contributed by atoms with van der Waals surface area (Å²) >= 11 is 0. The number of quaternary nitrogens is 2. The first kappa shape index (κ1) is 21.9. The van der Waals surface area contributed by atoms with Crippen LogP contribution in [-0.2, 0) is 0 Å². The van der Waals surface area contributed by atoms with Crippen LogP contribution in [0.5, 0.6) is 0 Å². The Hall–Kier alpha value is 0.720. The molecule has 0 amide bonds. The SMILES string of the molecule is C(CCC[N+]12CCN3CCN(CC1)C32)CC[N+]12CCN3CCN(CC1)C32.[Br-].[Br-]. The molecule has 0 atom stereocenters. The van der Waals surface area contributed by atoms with E-state index in [9.17, 15) is 0 Å². The third-order valence-corrected chi connectivity index (χ3v) is 8.92. The molecule has 0 aliphatic carbocycles. The van der Waals surface area contributed by atoms with Crippen LogP contribution in [0.1, 0.15) is 25.7 Å². The lowest BCUT2D eigenvalue weighted by Crippen LogP contribution is -3.00. The van der Waals surface area contributed by atoms with Crippen LogP contribution in [0, 0.1) is 0 Å². The molecule has 6 nitrogen and oxygen atoms in total. The van der Waals surface area contributed by atoms with E-state index in [-0.39, 0.29) is 34.0 Å². The summed E-state index contributed by atoms with van der Waals surface area (Å²) < 4.78 is 2.85. The molecule has 6 aliphatic rings. The summed E-state index contributed by atoms with van der Waals surface area (Å²) in [4.78, 5) is 11.1. The van der Waals surface area contributed by atoms with Gasteiger partial charge in [0.2, 0.25) is 12.6 Å². The number of halogens is 2. The van der Waals surface area contributed by atoms with Crippen molar-refractivity contribution in [3.05, 3.63) is 0 Å². The zero-order valence-electron chi connectivity index (χ0n) is 17.3. The van der Waals surface area contributed by atoms with Gasteiger partial charge in [-0.1, -0.05) is 0 Å². The van der Waals surface area contributed by atoms with Gasteiger partial charge in [0, 0.05) is 26.2 Å². The van der Waals surface area contributed by atoms with Crippen molar-refractivity contribution in [2.75, 3.05) is 91.6 Å². The number of hydrogen-bond donors (Lipinski definition) is 0. The van der Waals surface area contributed by atoms with Crippen LogP contribution in [0.15, 0.2) is 0 Å². The average molecular weight is 522 g/mol. The summed E-state index contributed by atoms with van der Waals surface area (Å²) in [6.45, 7) is 19.4. The molecular weight excluding hydrogens is 484 g/mol. The van der Waals surface area contributed by atoms with E-state index in [1.54, 1.807) is 0 Å². The van der Waals surface area contributed by atoms with Crippen molar-refractivity contribution in [2.24, 2.45) is 0 Å². The molecule has 0 aromatic carbocycles. The fourth-order valence-electron chi connectivity index (χ4n) is 7.61. The van der Waals surface area contributed by atoms with Crippen LogP contribution in [0.4, 0.5) is 0 Å². The molecule has 8 heteroatoms. The maximum absolute atomic E-state index is 2.77. The van der Waals surface area contributed by atoms with Crippen LogP contribution >= 0.6 is 0 Å². The molecular formula is C20H38Br2N6. The third kappa shape index (κ3) is 3.25. The Bertz CT molecular complexity index is 483. The van der Waals surface area contributed by atoms with Gasteiger partial charge in [0.15, 0.2) is 0 Å². The normalized spacial score (nSPS) is 42.0. The highest BCUT2D eigenvalue weighted by Crippen LogP contribution is 2.37. The van der Waals surface area contributed by atoms with Gasteiger partial charge in [-0.15, -0.1) is 0 Å². The topological polar surface area (TPSA) is 13.0 Å². The molecule has 162 valence electrons. The largest absolute Gasteiger partial charge is 1.00 e. The van der Waals surface area contributed by atoms with Crippen LogP contribution < -0.4 is 34.0 Å². The zero-order chi connectivity index (χ0) is 17.2. The summed E-state index contributed by atoms with van der Waals surface area (Å²) in [5.41, 5.74) is 0. The van der Waals surface area contributed by atoms with Crippen molar-refractivity contribution < 1.29 is 42.9 Å². The Balaban J connectivity index is 0.000000961. The lowest BCUT2D eigenvalue weighted by Gasteiger charge is -2.35. The lowest BCUT2D eigenvalue weighted by molar-refractivity contribution is -0.937. The van der Waals surface area contributed by atoms with Crippen molar-refractivity contribution in [3.63, 3.8) is 0 Å². The van der Waals surface area contributed by atoms with E-state index in [1.807, 2.05) is 0 Å². The van der Waals surface area contributed by atoms with E-state index in [1.165, 1.54) is 126 Å². The second-order valence-electron chi connectivity index (χ2n) is 10.0. The standard InChI is InChI=1S/C20H38N6.2BrH/c1(3-13-25-15-9-21-5-6-22(10-16-25)19(21)25)2-4-14-26-17-11-23-7-8-24(12-18-26)20(23)26;;/h19-20H,1-18H2;2*1H/q+2;;/p-2. The van der Waals surface area contributed by atoms with Gasteiger partial charge in [-0.25, -0.2) is 19.6 Å². The lowest BCUT2D eigenvalue weighted by atomic mass is 10.1. The molecule has 0 unspecified atom stereocenters. The van der Waals surface area contributed by atoms with Crippen LogP contribution in [0.25, 0.3) is 0 Å². The Morgan fingerprint density at radius 3 is 1.11 bits per heavy atom. The monoisotopic (exact) mass is 520 g/mol. The minimum atomic E-state index is 0. The summed E-state index contributed by atoms with van der Waals surface area (Å²) in [5.74, 6) is 0. The molecule has 6 saturated heterocycles. The van der Waals surface area contributed by atoms with Crippen LogP contribution in [0.2, 0.25) is 0 Å². The fourth-order valence-corrected chi connectivity index (χ4v) is 7.61. The van der Waals surface area contributed by atoms with Gasteiger partial charge in [0.05, 0.1) is 65.4 Å². The molecule has 6 aliphatic heterocycles. The summed E-state index contributed by atoms with van der Waals surface area (Å²) in [7, 11) is 0. The quantitative estimate of drug-likeness (QED) is 0.244. The Morgan fingerprint density at radius 1 is 0.464 bits per heavy atom. The predicted octanol–water partition coefficient (Wildman–Crippen LogP) is -5.95. The Kier molecular flexibility index (Phi) is 6.53. The first-order valence-corrected chi connectivity index (χ1v) is 11.5. The highest BCUT2D eigenvalue weighted by Gasteiger charge is 2.58. The number of hydrogen-bond acceptors (Lipinski definition) is 4. The first-order valence-electron chi connectivity index (χ1n) is 11.5. The van der Waals surface area contributed by atoms with E-state index >= 15 is 0 Å². The van der Waals surface area contributed by atoms with E-state index in [0.717, 1.165) is 12.6 Å². The van der Waals surface area contributed by atoms with Crippen molar-refractivity contribution in [3.8, 4) is 0 Å². The highest BCUT2D eigenvalue weighted by atomic mass is 79.9. The minimum absolute atomic E-state index is 0. The molecule has 0 radical (unpaired) electrons. The predicted molar refractivity (Wildman–Crippen MR) is 102 cm³/mol. The van der Waals surface area contributed by atoms with Crippen LogP contribution in [-0.4, -0.2) is 133 Å². The molecule has 0 aromatic heterocycles. The maximum atomic E-state index is 2.77. The van der Waals surface area contributed by atoms with Crippen LogP contribution in [0.3, 0.4) is 0 Å². The third-order valence-electron chi connectivity index (χ3n) is 8.92. The highest BCUT2D eigenvalue weighted by molar-refractivity contribution is 4.87. The number of unbranched alkanes of at least 4 members (excludes halogenated alkanes) is 3. The summed E-state index contributed by atoms with van der Waals surface area (Å²) in [6.07, 6.45) is 7.40. The maximum Gasteiger partial charge on any atom is 0.205 e. The van der Waals surface area contributed by atoms with Gasteiger partial charge in [0.25, 0.3) is 0 Å². The molecule has 0 bridgehead atoms. The summed E-state index contributed by atoms with van der Waals surface area (Å²) in [6, 6.07) is 0. The molecule has 6 rings (SSSR count). The molecule has 28 heavy (non-hydrogen) atoms. The molecule has 6 fully saturated rings. The van der Waals surface area contributed by atoms with E-state index < -0.39 is 0 Å². The van der Waals surface area contributed by atoms with Gasteiger partial charge in [-0.2, -0.15) is 0 Å². The smallest absolute Gasteiger partial charge is 0.205 e. The van der Waals surface area contributed by atoms with Crippen molar-refractivity contribution in [1.82, 2.24) is 19.6 Å². The fraction of sp³-hybridized carbons (Fsp3) is 1.00. The van der Waals surface area contributed by atoms with E-state index in [4.69, 9.17) is 0 Å². The van der Waals surface area contributed by atoms with E-state index in [0.29, 0.717) is 0 Å². The molecule has 0 spiro atoms. The van der Waals surface area contributed by atoms with Gasteiger partial charge in [-0.05, 0) is 25.7 Å². The Labute approximate surface area is 192 Å². The first-order chi connectivity index (χ1) is 12.8. The molecule has 6 heterocycles. The molecule has 0 saturated carbocycles. The minimum Gasteiger partial charge on any atom is -1.00 e. The van der Waals surface area contributed by atoms with Crippen molar-refractivity contribution >= 4 is 0 Å². The van der Waals surface area contributed by atoms with Crippen molar-refractivity contribution in [1.29, 1.82) is 0 Å². The zero-order valence-corrected chi connectivity index (χ0v) is 20.5. The average Bonchev–Trinajstić information content (AvgIpc) is 3.43.